The number of aryl methyl sites for hydroxylation is 1. The molecule has 0 bridgehead atoms. The van der Waals surface area contributed by atoms with E-state index in [2.05, 4.69) is 20.3 Å². The van der Waals surface area contributed by atoms with E-state index in [1.807, 2.05) is 0 Å². The smallest absolute Gasteiger partial charge is 0.274 e. The Morgan fingerprint density at radius 2 is 2.12 bits per heavy atom. The largest absolute Gasteiger partial charge is 0.507 e. The van der Waals surface area contributed by atoms with Crippen LogP contribution in [0, 0.1) is 6.92 Å². The van der Waals surface area contributed by atoms with Crippen LogP contribution < -0.4 is 10.3 Å². The number of aromatic amines is 1. The second kappa shape index (κ2) is 5.95. The van der Waals surface area contributed by atoms with E-state index in [-0.39, 0.29) is 28.5 Å². The van der Waals surface area contributed by atoms with E-state index in [0.29, 0.717) is 5.75 Å². The lowest BCUT2D eigenvalue weighted by Crippen LogP contribution is -2.17. The van der Waals surface area contributed by atoms with E-state index >= 15 is 0 Å². The first-order chi connectivity index (χ1) is 11.5. The van der Waals surface area contributed by atoms with Crippen LogP contribution in [0.1, 0.15) is 21.6 Å². The molecule has 0 spiro atoms. The highest BCUT2D eigenvalue weighted by molar-refractivity contribution is 6.10. The molecule has 0 radical (unpaired) electrons. The number of rotatable bonds is 4. The molecule has 0 unspecified atom stereocenters. The van der Waals surface area contributed by atoms with Gasteiger partial charge in [-0.05, 0) is 25.1 Å². The molecular weight excluding hydrogens is 314 g/mol. The highest BCUT2D eigenvalue weighted by Crippen LogP contribution is 2.25. The van der Waals surface area contributed by atoms with Crippen LogP contribution >= 0.6 is 0 Å². The van der Waals surface area contributed by atoms with Gasteiger partial charge in [-0.25, -0.2) is 4.68 Å². The zero-order valence-corrected chi connectivity index (χ0v) is 12.8. The number of hydrogen-bond acceptors (Lipinski definition) is 7. The number of nitrogens with one attached hydrogen (secondary N) is 1. The van der Waals surface area contributed by atoms with Gasteiger partial charge in [-0.2, -0.15) is 5.10 Å². The number of ketones is 1. The summed E-state index contributed by atoms with van der Waals surface area (Å²) in [7, 11) is 1.46. The number of aromatic nitrogens is 5. The van der Waals surface area contributed by atoms with Crippen LogP contribution in [-0.2, 0) is 0 Å². The van der Waals surface area contributed by atoms with Crippen molar-refractivity contribution in [3.8, 4) is 17.4 Å². The van der Waals surface area contributed by atoms with Gasteiger partial charge in [-0.1, -0.05) is 0 Å². The van der Waals surface area contributed by atoms with Crippen LogP contribution in [0.5, 0.6) is 11.5 Å². The fraction of sp³-hybridized carbons (Fsp3) is 0.133. The van der Waals surface area contributed by atoms with E-state index in [1.165, 1.54) is 43.2 Å². The second-order valence-electron chi connectivity index (χ2n) is 4.95. The number of phenols is 1. The van der Waals surface area contributed by atoms with Crippen molar-refractivity contribution in [3.05, 3.63) is 57.8 Å². The van der Waals surface area contributed by atoms with Gasteiger partial charge in [-0.3, -0.25) is 14.6 Å². The summed E-state index contributed by atoms with van der Waals surface area (Å²) in [5.74, 6) is -0.0889. The Labute approximate surface area is 135 Å². The minimum Gasteiger partial charge on any atom is -0.507 e. The van der Waals surface area contributed by atoms with Gasteiger partial charge in [0.1, 0.15) is 17.2 Å². The Morgan fingerprint density at radius 1 is 1.33 bits per heavy atom. The molecule has 2 aromatic heterocycles. The molecule has 0 saturated heterocycles. The lowest BCUT2D eigenvalue weighted by molar-refractivity contribution is 0.103. The third-order valence-corrected chi connectivity index (χ3v) is 3.36. The van der Waals surface area contributed by atoms with E-state index in [9.17, 15) is 14.7 Å². The monoisotopic (exact) mass is 327 g/mol. The number of methoxy groups -OCH3 is 1. The molecule has 0 fully saturated rings. The number of aromatic hydroxyl groups is 1. The number of nitrogens with zero attached hydrogens (tertiary/aromatic N) is 4. The number of phenolic OH excluding ortho intramolecular Hbond substituents is 1. The molecule has 9 nitrogen and oxygen atoms in total. The zero-order chi connectivity index (χ0) is 17.3. The van der Waals surface area contributed by atoms with Crippen LogP contribution in [0.3, 0.4) is 0 Å². The topological polar surface area (TPSA) is 123 Å². The number of H-pyrrole nitrogens is 1. The van der Waals surface area contributed by atoms with Crippen LogP contribution in [0.25, 0.3) is 5.95 Å². The van der Waals surface area contributed by atoms with Gasteiger partial charge >= 0.3 is 0 Å². The Hall–Kier alpha value is -3.49. The van der Waals surface area contributed by atoms with Gasteiger partial charge in [0, 0.05) is 6.20 Å². The molecular formula is C15H13N5O4. The fourth-order valence-corrected chi connectivity index (χ4v) is 2.02. The summed E-state index contributed by atoms with van der Waals surface area (Å²) in [6.07, 6.45) is 2.69. The molecule has 24 heavy (non-hydrogen) atoms. The molecule has 0 amide bonds. The van der Waals surface area contributed by atoms with Crippen molar-refractivity contribution < 1.29 is 14.6 Å². The highest BCUT2D eigenvalue weighted by Gasteiger charge is 2.17. The molecule has 0 aliphatic heterocycles. The van der Waals surface area contributed by atoms with Crippen molar-refractivity contribution >= 4 is 5.78 Å². The average molecular weight is 327 g/mol. The van der Waals surface area contributed by atoms with Gasteiger partial charge in [0.05, 0.1) is 24.4 Å². The third-order valence-electron chi connectivity index (χ3n) is 3.36. The summed E-state index contributed by atoms with van der Waals surface area (Å²) < 4.78 is 6.27. The molecule has 3 rings (SSSR count). The minimum absolute atomic E-state index is 0.0809. The highest BCUT2D eigenvalue weighted by atomic mass is 16.5. The minimum atomic E-state index is -0.444. The van der Waals surface area contributed by atoms with Crippen LogP contribution in [0.4, 0.5) is 0 Å². The first kappa shape index (κ1) is 15.4. The van der Waals surface area contributed by atoms with Crippen molar-refractivity contribution in [3.63, 3.8) is 0 Å². The lowest BCUT2D eigenvalue weighted by atomic mass is 10.1. The Kier molecular flexibility index (Phi) is 3.82. The molecule has 2 heterocycles. The van der Waals surface area contributed by atoms with Gasteiger partial charge in [0.25, 0.3) is 11.5 Å². The zero-order valence-electron chi connectivity index (χ0n) is 12.8. The Morgan fingerprint density at radius 3 is 2.83 bits per heavy atom. The molecule has 0 atom stereocenters. The summed E-state index contributed by atoms with van der Waals surface area (Å²) >= 11 is 0. The number of carbonyl (C=O) groups excluding carboxylic acids is 1. The normalized spacial score (nSPS) is 10.6. The van der Waals surface area contributed by atoms with Crippen molar-refractivity contribution in [1.29, 1.82) is 0 Å². The summed E-state index contributed by atoms with van der Waals surface area (Å²) in [6, 6.07) is 4.35. The predicted octanol–water partition coefficient (Wildman–Crippen LogP) is 0.604. The Balaban J connectivity index is 1.97. The predicted molar refractivity (Wildman–Crippen MR) is 82.6 cm³/mol. The number of hydrogen-bond donors (Lipinski definition) is 2. The van der Waals surface area contributed by atoms with Crippen LogP contribution in [0.2, 0.25) is 0 Å². The summed E-state index contributed by atoms with van der Waals surface area (Å²) in [5.41, 5.74) is 0.122. The van der Waals surface area contributed by atoms with Gasteiger partial charge < -0.3 is 9.84 Å². The molecule has 3 aromatic rings. The standard InChI is InChI=1S/C15H13N5O4/c1-8-14(23)17-15(19-18-8)20-7-9(6-16-20)13(22)11-5-10(24-2)3-4-12(11)21/h3-7,21H,1-2H3,(H,17,19,23). The van der Waals surface area contributed by atoms with E-state index in [1.54, 1.807) is 6.07 Å². The van der Waals surface area contributed by atoms with Crippen molar-refractivity contribution in [2.24, 2.45) is 0 Å². The molecule has 0 saturated carbocycles. The lowest BCUT2D eigenvalue weighted by Gasteiger charge is -2.05. The SMILES string of the molecule is COc1ccc(O)c(C(=O)c2cnn(-c3nnc(C)c(=O)[nH]3)c2)c1. The second-order valence-corrected chi connectivity index (χ2v) is 4.95. The van der Waals surface area contributed by atoms with E-state index in [0.717, 1.165) is 0 Å². The maximum Gasteiger partial charge on any atom is 0.274 e. The molecule has 2 N–H and O–H groups in total. The maximum absolute atomic E-state index is 12.5. The number of ether oxygens (including phenoxy) is 1. The molecule has 0 aliphatic rings. The fourth-order valence-electron chi connectivity index (χ4n) is 2.02. The van der Waals surface area contributed by atoms with Crippen molar-refractivity contribution in [2.75, 3.05) is 7.11 Å². The van der Waals surface area contributed by atoms with Crippen LogP contribution in [-0.4, -0.2) is 43.0 Å². The van der Waals surface area contributed by atoms with E-state index in [4.69, 9.17) is 4.74 Å². The van der Waals surface area contributed by atoms with Gasteiger partial charge in [0.2, 0.25) is 0 Å². The third kappa shape index (κ3) is 2.74. The first-order valence-corrected chi connectivity index (χ1v) is 6.90. The summed E-state index contributed by atoms with van der Waals surface area (Å²) in [6.45, 7) is 1.53. The van der Waals surface area contributed by atoms with Gasteiger partial charge in [-0.15, -0.1) is 10.2 Å². The van der Waals surface area contributed by atoms with Crippen molar-refractivity contribution in [2.45, 2.75) is 6.92 Å². The van der Waals surface area contributed by atoms with Gasteiger partial charge in [0.15, 0.2) is 5.78 Å². The van der Waals surface area contributed by atoms with Crippen molar-refractivity contribution in [1.82, 2.24) is 25.0 Å². The number of carbonyl (C=O) groups is 1. The average Bonchev–Trinajstić information content (AvgIpc) is 3.07. The Bertz CT molecular complexity index is 976. The maximum atomic E-state index is 12.5. The molecule has 0 aliphatic carbocycles. The van der Waals surface area contributed by atoms with Crippen LogP contribution in [0.15, 0.2) is 35.4 Å². The molecule has 9 heteroatoms. The molecule has 1 aromatic carbocycles. The van der Waals surface area contributed by atoms with E-state index < -0.39 is 11.3 Å². The molecule has 122 valence electrons. The summed E-state index contributed by atoms with van der Waals surface area (Å²) in [5, 5.41) is 21.4. The first-order valence-electron chi connectivity index (χ1n) is 6.90. The summed E-state index contributed by atoms with van der Waals surface area (Å²) in [4.78, 5) is 26.6. The quantitative estimate of drug-likeness (QED) is 0.673. The number of benzene rings is 1.